The van der Waals surface area contributed by atoms with Crippen LogP contribution in [0.15, 0.2) is 54.7 Å². The molecule has 23 heavy (non-hydrogen) atoms. The topological polar surface area (TPSA) is 29.9 Å². The Morgan fingerprint density at radius 3 is 2.78 bits per heavy atom. The summed E-state index contributed by atoms with van der Waals surface area (Å²) in [6.45, 7) is 3.13. The van der Waals surface area contributed by atoms with Crippen molar-refractivity contribution < 1.29 is 4.39 Å². The lowest BCUT2D eigenvalue weighted by Gasteiger charge is -2.21. The van der Waals surface area contributed by atoms with Crippen LogP contribution in [0.3, 0.4) is 0 Å². The fraction of sp³-hybridized carbons (Fsp3) is 0.211. The summed E-state index contributed by atoms with van der Waals surface area (Å²) in [7, 11) is 0. The molecule has 0 amide bonds. The molecule has 3 aromatic rings. The summed E-state index contributed by atoms with van der Waals surface area (Å²) in [6.07, 6.45) is 5.16. The summed E-state index contributed by atoms with van der Waals surface area (Å²) in [5.41, 5.74) is 4.53. The minimum atomic E-state index is -0.237. The molecule has 0 saturated heterocycles. The second-order valence-electron chi connectivity index (χ2n) is 6.05. The van der Waals surface area contributed by atoms with Crippen LogP contribution in [0.2, 0.25) is 0 Å². The van der Waals surface area contributed by atoms with E-state index in [1.807, 2.05) is 10.9 Å². The average Bonchev–Trinajstić information content (AvgIpc) is 2.99. The van der Waals surface area contributed by atoms with Crippen molar-refractivity contribution in [2.45, 2.75) is 19.4 Å². The molecule has 1 atom stereocenters. The van der Waals surface area contributed by atoms with Gasteiger partial charge in [-0.25, -0.2) is 9.07 Å². The average molecular weight is 307 g/mol. The lowest BCUT2D eigenvalue weighted by atomic mass is 9.95. The standard InChI is InChI=1S/C19H18FN3/c1-13-10-15(8-9-21-13)14-2-7-19-16(11-14)12-22-23(19)18-5-3-17(20)4-6-18/h2-8,11-13,21H,9-10H2,1H3. The van der Waals surface area contributed by atoms with Crippen molar-refractivity contribution in [2.24, 2.45) is 0 Å². The van der Waals surface area contributed by atoms with Crippen LogP contribution in [0, 0.1) is 5.82 Å². The Morgan fingerprint density at radius 2 is 2.00 bits per heavy atom. The Hall–Kier alpha value is -2.46. The van der Waals surface area contributed by atoms with Gasteiger partial charge in [0.05, 0.1) is 17.4 Å². The fourth-order valence-electron chi connectivity index (χ4n) is 3.13. The molecule has 3 nitrogen and oxygen atoms in total. The van der Waals surface area contributed by atoms with Gasteiger partial charge in [-0.15, -0.1) is 0 Å². The third-order valence-electron chi connectivity index (χ3n) is 4.35. The normalized spacial score (nSPS) is 18.2. The van der Waals surface area contributed by atoms with Gasteiger partial charge >= 0.3 is 0 Å². The summed E-state index contributed by atoms with van der Waals surface area (Å²) in [4.78, 5) is 0. The minimum Gasteiger partial charge on any atom is -0.310 e. The largest absolute Gasteiger partial charge is 0.310 e. The highest BCUT2D eigenvalue weighted by Crippen LogP contribution is 2.27. The SMILES string of the molecule is CC1CC(c2ccc3c(cnn3-c3ccc(F)cc3)c2)=CCN1. The molecule has 0 radical (unpaired) electrons. The van der Waals surface area contributed by atoms with Crippen LogP contribution in [0.25, 0.3) is 22.2 Å². The molecule has 1 aliphatic rings. The Morgan fingerprint density at radius 1 is 1.17 bits per heavy atom. The van der Waals surface area contributed by atoms with Gasteiger partial charge in [-0.05, 0) is 60.9 Å². The first-order valence-electron chi connectivity index (χ1n) is 7.87. The van der Waals surface area contributed by atoms with Crippen molar-refractivity contribution in [3.63, 3.8) is 0 Å². The zero-order chi connectivity index (χ0) is 15.8. The second-order valence-corrected chi connectivity index (χ2v) is 6.05. The number of benzene rings is 2. The minimum absolute atomic E-state index is 0.237. The van der Waals surface area contributed by atoms with Gasteiger partial charge < -0.3 is 5.32 Å². The number of nitrogens with one attached hydrogen (secondary N) is 1. The van der Waals surface area contributed by atoms with Crippen molar-refractivity contribution in [2.75, 3.05) is 6.54 Å². The monoisotopic (exact) mass is 307 g/mol. The van der Waals surface area contributed by atoms with Crippen molar-refractivity contribution in [1.82, 2.24) is 15.1 Å². The van der Waals surface area contributed by atoms with Crippen LogP contribution < -0.4 is 5.32 Å². The first kappa shape index (κ1) is 14.2. The number of nitrogens with zero attached hydrogens (tertiary/aromatic N) is 2. The van der Waals surface area contributed by atoms with E-state index in [4.69, 9.17) is 0 Å². The van der Waals surface area contributed by atoms with Gasteiger partial charge in [-0.1, -0.05) is 12.1 Å². The number of aromatic nitrogens is 2. The molecule has 4 rings (SSSR count). The van der Waals surface area contributed by atoms with E-state index in [1.54, 1.807) is 12.1 Å². The lowest BCUT2D eigenvalue weighted by Crippen LogP contribution is -2.29. The Kier molecular flexibility index (Phi) is 3.46. The van der Waals surface area contributed by atoms with E-state index in [0.29, 0.717) is 6.04 Å². The van der Waals surface area contributed by atoms with E-state index in [9.17, 15) is 4.39 Å². The molecule has 0 aliphatic carbocycles. The first-order chi connectivity index (χ1) is 11.2. The molecule has 0 spiro atoms. The van der Waals surface area contributed by atoms with Crippen LogP contribution in [-0.4, -0.2) is 22.4 Å². The van der Waals surface area contributed by atoms with Crippen LogP contribution in [0.1, 0.15) is 18.9 Å². The Bertz CT molecular complexity index is 877. The Balaban J connectivity index is 1.74. The zero-order valence-corrected chi connectivity index (χ0v) is 13.0. The van der Waals surface area contributed by atoms with Gasteiger partial charge in [-0.2, -0.15) is 5.10 Å². The number of rotatable bonds is 2. The molecule has 0 fully saturated rings. The molecule has 0 saturated carbocycles. The molecule has 1 unspecified atom stereocenters. The Labute approximate surface area is 134 Å². The van der Waals surface area contributed by atoms with Crippen LogP contribution >= 0.6 is 0 Å². The van der Waals surface area contributed by atoms with Gasteiger partial charge in [0.2, 0.25) is 0 Å². The highest BCUT2D eigenvalue weighted by molar-refractivity contribution is 5.85. The first-order valence-corrected chi connectivity index (χ1v) is 7.87. The molecular weight excluding hydrogens is 289 g/mol. The van der Waals surface area contributed by atoms with Crippen molar-refractivity contribution in [3.8, 4) is 5.69 Å². The van der Waals surface area contributed by atoms with Gasteiger partial charge in [0.15, 0.2) is 0 Å². The highest BCUT2D eigenvalue weighted by Gasteiger charge is 2.13. The molecule has 1 N–H and O–H groups in total. The summed E-state index contributed by atoms with van der Waals surface area (Å²) < 4.78 is 14.9. The summed E-state index contributed by atoms with van der Waals surface area (Å²) in [6, 6.07) is 13.3. The van der Waals surface area contributed by atoms with Crippen LogP contribution in [0.4, 0.5) is 4.39 Å². The van der Waals surface area contributed by atoms with E-state index in [2.05, 4.69) is 41.6 Å². The zero-order valence-electron chi connectivity index (χ0n) is 13.0. The van der Waals surface area contributed by atoms with E-state index in [-0.39, 0.29) is 5.82 Å². The third kappa shape index (κ3) is 2.66. The number of halogens is 1. The maximum absolute atomic E-state index is 13.1. The van der Waals surface area contributed by atoms with Gasteiger partial charge in [0.25, 0.3) is 0 Å². The summed E-state index contributed by atoms with van der Waals surface area (Å²) in [5, 5.41) is 8.98. The quantitative estimate of drug-likeness (QED) is 0.777. The number of fused-ring (bicyclic) bond motifs is 1. The van der Waals surface area contributed by atoms with Gasteiger partial charge in [-0.3, -0.25) is 0 Å². The fourth-order valence-corrected chi connectivity index (χ4v) is 3.13. The highest BCUT2D eigenvalue weighted by atomic mass is 19.1. The van der Waals surface area contributed by atoms with Crippen molar-refractivity contribution in [3.05, 3.63) is 66.1 Å². The predicted octanol–water partition coefficient (Wildman–Crippen LogP) is 3.93. The van der Waals surface area contributed by atoms with Crippen molar-refractivity contribution >= 4 is 16.5 Å². The molecule has 2 aromatic carbocycles. The van der Waals surface area contributed by atoms with E-state index >= 15 is 0 Å². The number of hydrogen-bond acceptors (Lipinski definition) is 2. The van der Waals surface area contributed by atoms with Crippen molar-refractivity contribution in [1.29, 1.82) is 0 Å². The molecule has 1 aromatic heterocycles. The summed E-state index contributed by atoms with van der Waals surface area (Å²) >= 11 is 0. The predicted molar refractivity (Wildman–Crippen MR) is 91.1 cm³/mol. The van der Waals surface area contributed by atoms with Gasteiger partial charge in [0, 0.05) is 18.0 Å². The lowest BCUT2D eigenvalue weighted by molar-refractivity contribution is 0.579. The van der Waals surface area contributed by atoms with E-state index in [1.165, 1.54) is 23.3 Å². The molecule has 1 aliphatic heterocycles. The van der Waals surface area contributed by atoms with E-state index < -0.39 is 0 Å². The van der Waals surface area contributed by atoms with Crippen LogP contribution in [-0.2, 0) is 0 Å². The maximum atomic E-state index is 13.1. The molecule has 2 heterocycles. The molecule has 116 valence electrons. The summed E-state index contributed by atoms with van der Waals surface area (Å²) in [5.74, 6) is -0.237. The van der Waals surface area contributed by atoms with Gasteiger partial charge in [0.1, 0.15) is 5.82 Å². The van der Waals surface area contributed by atoms with E-state index in [0.717, 1.165) is 29.6 Å². The second kappa shape index (κ2) is 5.63. The molecule has 4 heteroatoms. The molecular formula is C19H18FN3. The number of hydrogen-bond donors (Lipinski definition) is 1. The maximum Gasteiger partial charge on any atom is 0.123 e. The smallest absolute Gasteiger partial charge is 0.123 e. The third-order valence-corrected chi connectivity index (χ3v) is 4.35. The van der Waals surface area contributed by atoms with Crippen LogP contribution in [0.5, 0.6) is 0 Å². The molecule has 0 bridgehead atoms.